The van der Waals surface area contributed by atoms with E-state index in [1.165, 1.54) is 19.8 Å². The predicted molar refractivity (Wildman–Crippen MR) is 70.6 cm³/mol. The lowest BCUT2D eigenvalue weighted by Crippen LogP contribution is -2.34. The van der Waals surface area contributed by atoms with Crippen molar-refractivity contribution in [2.45, 2.75) is 24.5 Å². The van der Waals surface area contributed by atoms with Crippen LogP contribution in [-0.4, -0.2) is 61.3 Å². The molecule has 1 fully saturated rings. The molecule has 0 amide bonds. The third kappa shape index (κ3) is 2.05. The van der Waals surface area contributed by atoms with Crippen molar-refractivity contribution < 1.29 is 19.7 Å². The van der Waals surface area contributed by atoms with Crippen LogP contribution in [0.1, 0.15) is 6.23 Å². The zero-order valence-corrected chi connectivity index (χ0v) is 11.6. The van der Waals surface area contributed by atoms with Gasteiger partial charge in [-0.15, -0.1) is 0 Å². The largest absolute Gasteiger partial charge is 0.394 e. The summed E-state index contributed by atoms with van der Waals surface area (Å²) in [6.45, 7) is -0.329. The Balaban J connectivity index is 2.12. The fourth-order valence-corrected chi connectivity index (χ4v) is 2.64. The summed E-state index contributed by atoms with van der Waals surface area (Å²) in [6, 6.07) is 0. The van der Waals surface area contributed by atoms with E-state index < -0.39 is 30.1 Å². The highest BCUT2D eigenvalue weighted by atomic mass is 16.6. The van der Waals surface area contributed by atoms with Crippen molar-refractivity contribution in [3.63, 3.8) is 0 Å². The van der Waals surface area contributed by atoms with Crippen molar-refractivity contribution in [2.24, 2.45) is 7.05 Å². The van der Waals surface area contributed by atoms with E-state index in [2.05, 4.69) is 9.97 Å². The Labute approximate surface area is 119 Å². The van der Waals surface area contributed by atoms with Crippen LogP contribution in [0.15, 0.2) is 17.4 Å². The summed E-state index contributed by atoms with van der Waals surface area (Å²) in [6.07, 6.45) is -0.267. The van der Waals surface area contributed by atoms with Crippen LogP contribution < -0.4 is 5.56 Å². The molecule has 0 saturated carbocycles. The fraction of sp³-hybridized carbons (Fsp3) is 0.583. The molecule has 4 atom stereocenters. The van der Waals surface area contributed by atoms with Crippen molar-refractivity contribution in [1.82, 2.24) is 19.1 Å². The van der Waals surface area contributed by atoms with Crippen molar-refractivity contribution in [3.05, 3.63) is 23.0 Å². The number of ether oxygens (including phenoxy) is 2. The van der Waals surface area contributed by atoms with Gasteiger partial charge in [-0.25, -0.2) is 4.98 Å². The third-order valence-electron chi connectivity index (χ3n) is 3.69. The summed E-state index contributed by atoms with van der Waals surface area (Å²) in [7, 11) is 3.17. The minimum Gasteiger partial charge on any atom is -0.394 e. The van der Waals surface area contributed by atoms with Gasteiger partial charge in [-0.1, -0.05) is 0 Å². The number of imidazole rings is 1. The van der Waals surface area contributed by atoms with Crippen molar-refractivity contribution in [2.75, 3.05) is 13.7 Å². The van der Waals surface area contributed by atoms with E-state index in [1.54, 1.807) is 16.2 Å². The van der Waals surface area contributed by atoms with E-state index in [4.69, 9.17) is 9.47 Å². The van der Waals surface area contributed by atoms with E-state index >= 15 is 0 Å². The van der Waals surface area contributed by atoms with Gasteiger partial charge < -0.3 is 24.3 Å². The minimum atomic E-state index is -0.971. The first kappa shape index (κ1) is 14.1. The van der Waals surface area contributed by atoms with Gasteiger partial charge in [-0.3, -0.25) is 9.36 Å². The van der Waals surface area contributed by atoms with Gasteiger partial charge in [0, 0.05) is 14.2 Å². The average Bonchev–Trinajstić information content (AvgIpc) is 3.04. The van der Waals surface area contributed by atoms with Crippen molar-refractivity contribution in [1.29, 1.82) is 0 Å². The summed E-state index contributed by atoms with van der Waals surface area (Å²) >= 11 is 0. The Hall–Kier alpha value is -1.81. The fourth-order valence-electron chi connectivity index (χ4n) is 2.64. The first-order valence-electron chi connectivity index (χ1n) is 6.43. The second kappa shape index (κ2) is 5.19. The van der Waals surface area contributed by atoms with Crippen LogP contribution in [0, 0.1) is 0 Å². The monoisotopic (exact) mass is 296 g/mol. The Morgan fingerprint density at radius 3 is 2.86 bits per heavy atom. The smallest absolute Gasteiger partial charge is 0.300 e. The Morgan fingerprint density at radius 1 is 1.43 bits per heavy atom. The molecule has 0 aromatic carbocycles. The van der Waals surface area contributed by atoms with Crippen molar-refractivity contribution >= 4 is 11.2 Å². The van der Waals surface area contributed by atoms with Crippen LogP contribution >= 0.6 is 0 Å². The first-order chi connectivity index (χ1) is 10.1. The van der Waals surface area contributed by atoms with E-state index in [9.17, 15) is 15.0 Å². The average molecular weight is 296 g/mol. The molecule has 0 spiro atoms. The van der Waals surface area contributed by atoms with Gasteiger partial charge in [-0.2, -0.15) is 4.98 Å². The van der Waals surface area contributed by atoms with Crippen LogP contribution in [-0.2, 0) is 16.5 Å². The molecular weight excluding hydrogens is 280 g/mol. The molecule has 9 heteroatoms. The maximum atomic E-state index is 11.7. The van der Waals surface area contributed by atoms with E-state index in [1.807, 2.05) is 0 Å². The maximum absolute atomic E-state index is 11.7. The molecule has 2 aromatic rings. The van der Waals surface area contributed by atoms with Gasteiger partial charge >= 0.3 is 5.56 Å². The van der Waals surface area contributed by atoms with Gasteiger partial charge in [0.05, 0.1) is 12.9 Å². The lowest BCUT2D eigenvalue weighted by atomic mass is 10.1. The topological polar surface area (TPSA) is 112 Å². The van der Waals surface area contributed by atoms with Gasteiger partial charge in [0.2, 0.25) is 0 Å². The molecule has 21 heavy (non-hydrogen) atoms. The molecule has 3 rings (SSSR count). The lowest BCUT2D eigenvalue weighted by molar-refractivity contribution is -0.0585. The van der Waals surface area contributed by atoms with Gasteiger partial charge in [0.25, 0.3) is 0 Å². The molecule has 1 saturated heterocycles. The molecule has 1 aliphatic heterocycles. The number of hydrogen-bond donors (Lipinski definition) is 2. The predicted octanol–water partition coefficient (Wildman–Crippen LogP) is -1.60. The third-order valence-corrected chi connectivity index (χ3v) is 3.69. The zero-order valence-electron chi connectivity index (χ0n) is 11.6. The van der Waals surface area contributed by atoms with E-state index in [0.717, 1.165) is 0 Å². The Kier molecular flexibility index (Phi) is 3.49. The second-order valence-corrected chi connectivity index (χ2v) is 4.92. The second-order valence-electron chi connectivity index (χ2n) is 4.92. The van der Waals surface area contributed by atoms with Crippen LogP contribution in [0.4, 0.5) is 0 Å². The number of aliphatic hydroxyl groups is 2. The molecule has 3 heterocycles. The first-order valence-corrected chi connectivity index (χ1v) is 6.43. The molecule has 1 aliphatic rings. The maximum Gasteiger partial charge on any atom is 0.300 e. The quantitative estimate of drug-likeness (QED) is 0.701. The number of aromatic nitrogens is 4. The number of aryl methyl sites for hydroxylation is 1. The molecular formula is C12H16N4O5. The number of aliphatic hydroxyl groups excluding tert-OH is 2. The van der Waals surface area contributed by atoms with E-state index in [0.29, 0.717) is 5.65 Å². The molecule has 0 bridgehead atoms. The summed E-state index contributed by atoms with van der Waals surface area (Å²) < 4.78 is 14.1. The number of hydrogen-bond acceptors (Lipinski definition) is 7. The van der Waals surface area contributed by atoms with Crippen LogP contribution in [0.2, 0.25) is 0 Å². The van der Waals surface area contributed by atoms with Crippen LogP contribution in [0.3, 0.4) is 0 Å². The molecule has 9 nitrogen and oxygen atoms in total. The summed E-state index contributed by atoms with van der Waals surface area (Å²) in [5.41, 5.74) is 0.279. The highest BCUT2D eigenvalue weighted by molar-refractivity contribution is 5.69. The number of methoxy groups -OCH3 is 1. The van der Waals surface area contributed by atoms with Crippen molar-refractivity contribution in [3.8, 4) is 0 Å². The lowest BCUT2D eigenvalue weighted by Gasteiger charge is -2.20. The minimum absolute atomic E-state index is 0.209. The molecule has 0 radical (unpaired) electrons. The number of fused-ring (bicyclic) bond motifs is 1. The summed E-state index contributed by atoms with van der Waals surface area (Å²) in [4.78, 5) is 19.5. The Bertz CT molecular complexity index is 711. The highest BCUT2D eigenvalue weighted by Crippen LogP contribution is 2.32. The van der Waals surface area contributed by atoms with Crippen LogP contribution in [0.25, 0.3) is 11.2 Å². The Morgan fingerprint density at radius 2 is 2.19 bits per heavy atom. The molecule has 0 unspecified atom stereocenters. The zero-order chi connectivity index (χ0) is 15.1. The normalized spacial score (nSPS) is 29.3. The van der Waals surface area contributed by atoms with Crippen LogP contribution in [0.5, 0.6) is 0 Å². The SMILES string of the molecule is CO[C@@H]1[C@H](O)[C@@H](CO)O[C@H]1n1cnc2c(=O)ncn(C)c21. The highest BCUT2D eigenvalue weighted by Gasteiger charge is 2.45. The standard InChI is InChI=1S/C12H16N4O5/c1-15-4-14-10(19)7-11(15)16(5-13-7)12-9(20-2)8(18)6(3-17)21-12/h4-6,8-9,12,17-18H,3H2,1-2H3/t6-,8-,9-,12-/m1/s1. The summed E-state index contributed by atoms with van der Waals surface area (Å²) in [5, 5.41) is 19.3. The number of rotatable bonds is 3. The summed E-state index contributed by atoms with van der Waals surface area (Å²) in [5.74, 6) is 0. The molecule has 114 valence electrons. The van der Waals surface area contributed by atoms with Gasteiger partial charge in [-0.05, 0) is 0 Å². The molecule has 2 N–H and O–H groups in total. The molecule has 0 aliphatic carbocycles. The number of nitrogens with zero attached hydrogens (tertiary/aromatic N) is 4. The van der Waals surface area contributed by atoms with Gasteiger partial charge in [0.1, 0.15) is 30.3 Å². The molecule has 2 aromatic heterocycles. The van der Waals surface area contributed by atoms with E-state index in [-0.39, 0.29) is 12.1 Å². The van der Waals surface area contributed by atoms with Gasteiger partial charge in [0.15, 0.2) is 11.7 Å².